The first-order valence-corrected chi connectivity index (χ1v) is 5.51. The zero-order chi connectivity index (χ0) is 12.9. The van der Waals surface area contributed by atoms with Gasteiger partial charge in [-0.3, -0.25) is 4.79 Å². The van der Waals surface area contributed by atoms with Crippen LogP contribution in [0.15, 0.2) is 24.3 Å². The number of rotatable bonds is 5. The van der Waals surface area contributed by atoms with E-state index in [0.717, 1.165) is 5.56 Å². The molecule has 0 aliphatic heterocycles. The number of carbonyl (C=O) groups is 1. The first kappa shape index (κ1) is 13.7. The highest BCUT2D eigenvalue weighted by atomic mass is 16.5. The van der Waals surface area contributed by atoms with Crippen molar-refractivity contribution in [3.63, 3.8) is 0 Å². The number of nitrogens with one attached hydrogen (secondary N) is 1. The Morgan fingerprint density at radius 1 is 1.35 bits per heavy atom. The van der Waals surface area contributed by atoms with Gasteiger partial charge in [0.05, 0.1) is 12.2 Å². The Bertz CT molecular complexity index is 365. The molecule has 0 atom stereocenters. The van der Waals surface area contributed by atoms with Crippen LogP contribution in [0.4, 0.5) is 0 Å². The zero-order valence-electron chi connectivity index (χ0n) is 10.5. The molecule has 0 unspecified atom stereocenters. The number of benzene rings is 1. The van der Waals surface area contributed by atoms with Crippen molar-refractivity contribution in [2.45, 2.75) is 26.1 Å². The van der Waals surface area contributed by atoms with Crippen LogP contribution < -0.4 is 5.32 Å². The van der Waals surface area contributed by atoms with Gasteiger partial charge >= 0.3 is 0 Å². The van der Waals surface area contributed by atoms with Crippen LogP contribution in [-0.2, 0) is 11.3 Å². The minimum absolute atomic E-state index is 0.184. The standard InChI is InChI=1S/C13H19NO3/c1-13(2,16)9-14-12(15)11-6-4-10(5-7-11)8-17-3/h4-7,16H,8-9H2,1-3H3,(H,14,15). The van der Waals surface area contributed by atoms with Crippen LogP contribution in [0.1, 0.15) is 29.8 Å². The van der Waals surface area contributed by atoms with E-state index in [9.17, 15) is 9.90 Å². The number of carbonyl (C=O) groups excluding carboxylic acids is 1. The van der Waals surface area contributed by atoms with E-state index in [4.69, 9.17) is 4.74 Å². The van der Waals surface area contributed by atoms with Gasteiger partial charge in [-0.1, -0.05) is 12.1 Å². The van der Waals surface area contributed by atoms with Gasteiger partial charge < -0.3 is 15.2 Å². The molecule has 0 saturated carbocycles. The van der Waals surface area contributed by atoms with E-state index in [1.54, 1.807) is 33.1 Å². The summed E-state index contributed by atoms with van der Waals surface area (Å²) in [7, 11) is 1.63. The Morgan fingerprint density at radius 3 is 2.41 bits per heavy atom. The molecule has 0 aromatic heterocycles. The molecule has 0 fully saturated rings. The predicted molar refractivity (Wildman–Crippen MR) is 65.8 cm³/mol. The van der Waals surface area contributed by atoms with Crippen LogP contribution in [0.2, 0.25) is 0 Å². The molecule has 4 heteroatoms. The molecular weight excluding hydrogens is 218 g/mol. The molecule has 0 radical (unpaired) electrons. The van der Waals surface area contributed by atoms with Crippen molar-refractivity contribution in [3.05, 3.63) is 35.4 Å². The third-order valence-corrected chi connectivity index (χ3v) is 2.21. The second-order valence-electron chi connectivity index (χ2n) is 4.63. The van der Waals surface area contributed by atoms with E-state index in [2.05, 4.69) is 5.32 Å². The van der Waals surface area contributed by atoms with Crippen LogP contribution in [0, 0.1) is 0 Å². The Balaban J connectivity index is 2.57. The second-order valence-corrected chi connectivity index (χ2v) is 4.63. The lowest BCUT2D eigenvalue weighted by atomic mass is 10.1. The summed E-state index contributed by atoms with van der Waals surface area (Å²) in [6, 6.07) is 7.19. The molecule has 1 rings (SSSR count). The normalized spacial score (nSPS) is 11.3. The van der Waals surface area contributed by atoms with Crippen molar-refractivity contribution in [1.82, 2.24) is 5.32 Å². The van der Waals surface area contributed by atoms with Crippen molar-refractivity contribution < 1.29 is 14.6 Å². The van der Waals surface area contributed by atoms with Gasteiger partial charge in [0.25, 0.3) is 5.91 Å². The topological polar surface area (TPSA) is 58.6 Å². The lowest BCUT2D eigenvalue weighted by Gasteiger charge is -2.17. The molecule has 0 spiro atoms. The minimum atomic E-state index is -0.897. The fourth-order valence-corrected chi connectivity index (χ4v) is 1.32. The van der Waals surface area contributed by atoms with E-state index in [0.29, 0.717) is 12.2 Å². The van der Waals surface area contributed by atoms with Gasteiger partial charge in [0.2, 0.25) is 0 Å². The second kappa shape index (κ2) is 5.80. The molecule has 0 aliphatic rings. The van der Waals surface area contributed by atoms with Crippen LogP contribution in [0.25, 0.3) is 0 Å². The summed E-state index contributed by atoms with van der Waals surface area (Å²) >= 11 is 0. The van der Waals surface area contributed by atoms with E-state index < -0.39 is 5.60 Å². The van der Waals surface area contributed by atoms with Crippen LogP contribution in [0.5, 0.6) is 0 Å². The summed E-state index contributed by atoms with van der Waals surface area (Å²) in [5.74, 6) is -0.184. The highest BCUT2D eigenvalue weighted by Crippen LogP contribution is 2.06. The van der Waals surface area contributed by atoms with Crippen LogP contribution in [-0.4, -0.2) is 30.3 Å². The molecule has 2 N–H and O–H groups in total. The number of aliphatic hydroxyl groups is 1. The Labute approximate surface area is 102 Å². The monoisotopic (exact) mass is 237 g/mol. The maximum atomic E-state index is 11.7. The molecular formula is C13H19NO3. The fourth-order valence-electron chi connectivity index (χ4n) is 1.32. The third kappa shape index (κ3) is 4.97. The first-order valence-electron chi connectivity index (χ1n) is 5.51. The van der Waals surface area contributed by atoms with E-state index in [-0.39, 0.29) is 12.5 Å². The molecule has 4 nitrogen and oxygen atoms in total. The minimum Gasteiger partial charge on any atom is -0.389 e. The Morgan fingerprint density at radius 2 is 1.94 bits per heavy atom. The highest BCUT2D eigenvalue weighted by Gasteiger charge is 2.14. The fraction of sp³-hybridized carbons (Fsp3) is 0.462. The summed E-state index contributed by atoms with van der Waals surface area (Å²) < 4.78 is 4.99. The van der Waals surface area contributed by atoms with Gasteiger partial charge in [-0.2, -0.15) is 0 Å². The molecule has 0 heterocycles. The van der Waals surface area contributed by atoms with Crippen molar-refractivity contribution in [2.24, 2.45) is 0 Å². The van der Waals surface area contributed by atoms with Crippen molar-refractivity contribution in [2.75, 3.05) is 13.7 Å². The molecule has 0 saturated heterocycles. The highest BCUT2D eigenvalue weighted by molar-refractivity contribution is 5.94. The average molecular weight is 237 g/mol. The largest absolute Gasteiger partial charge is 0.389 e. The van der Waals surface area contributed by atoms with E-state index in [1.807, 2.05) is 12.1 Å². The third-order valence-electron chi connectivity index (χ3n) is 2.21. The maximum absolute atomic E-state index is 11.7. The smallest absolute Gasteiger partial charge is 0.251 e. The summed E-state index contributed by atoms with van der Waals surface area (Å²) in [6.45, 7) is 4.06. The number of ether oxygens (including phenoxy) is 1. The number of amides is 1. The quantitative estimate of drug-likeness (QED) is 0.812. The molecule has 1 aromatic rings. The summed E-state index contributed by atoms with van der Waals surface area (Å²) in [5.41, 5.74) is 0.701. The van der Waals surface area contributed by atoms with Crippen LogP contribution >= 0.6 is 0 Å². The van der Waals surface area contributed by atoms with E-state index >= 15 is 0 Å². The first-order chi connectivity index (χ1) is 7.92. The SMILES string of the molecule is COCc1ccc(C(=O)NCC(C)(C)O)cc1. The molecule has 94 valence electrons. The number of methoxy groups -OCH3 is 1. The van der Waals surface area contributed by atoms with Gasteiger partial charge in [-0.15, -0.1) is 0 Å². The molecule has 0 aliphatic carbocycles. The number of hydrogen-bond acceptors (Lipinski definition) is 3. The van der Waals surface area contributed by atoms with Crippen molar-refractivity contribution in [3.8, 4) is 0 Å². The van der Waals surface area contributed by atoms with Gasteiger partial charge in [0.1, 0.15) is 0 Å². The van der Waals surface area contributed by atoms with Gasteiger partial charge in [-0.05, 0) is 31.5 Å². The average Bonchev–Trinajstić information content (AvgIpc) is 2.26. The Kier molecular flexibility index (Phi) is 4.66. The maximum Gasteiger partial charge on any atom is 0.251 e. The molecule has 0 bridgehead atoms. The van der Waals surface area contributed by atoms with Gasteiger partial charge in [0.15, 0.2) is 0 Å². The molecule has 17 heavy (non-hydrogen) atoms. The Hall–Kier alpha value is -1.39. The summed E-state index contributed by atoms with van der Waals surface area (Å²) in [6.07, 6.45) is 0. The van der Waals surface area contributed by atoms with Crippen molar-refractivity contribution >= 4 is 5.91 Å². The van der Waals surface area contributed by atoms with Crippen molar-refractivity contribution in [1.29, 1.82) is 0 Å². The zero-order valence-corrected chi connectivity index (χ0v) is 10.5. The molecule has 1 aromatic carbocycles. The predicted octanol–water partition coefficient (Wildman–Crippen LogP) is 1.33. The number of hydrogen-bond donors (Lipinski definition) is 2. The van der Waals surface area contributed by atoms with Crippen LogP contribution in [0.3, 0.4) is 0 Å². The lowest BCUT2D eigenvalue weighted by molar-refractivity contribution is 0.0694. The van der Waals surface area contributed by atoms with Gasteiger partial charge in [-0.25, -0.2) is 0 Å². The van der Waals surface area contributed by atoms with Gasteiger partial charge in [0, 0.05) is 19.2 Å². The van der Waals surface area contributed by atoms with E-state index in [1.165, 1.54) is 0 Å². The lowest BCUT2D eigenvalue weighted by Crippen LogP contribution is -2.38. The summed E-state index contributed by atoms with van der Waals surface area (Å²) in [4.78, 5) is 11.7. The summed E-state index contributed by atoms with van der Waals surface area (Å²) in [5, 5.41) is 12.2. The molecule has 1 amide bonds.